The molecule has 0 aromatic heterocycles. The van der Waals surface area contributed by atoms with Crippen LogP contribution in [0.1, 0.15) is 24.9 Å². The van der Waals surface area contributed by atoms with Crippen molar-refractivity contribution >= 4 is 12.4 Å². The minimum atomic E-state index is -0.567. The van der Waals surface area contributed by atoms with Crippen LogP contribution in [-0.4, -0.2) is 25.4 Å². The van der Waals surface area contributed by atoms with Gasteiger partial charge in [-0.05, 0) is 18.6 Å². The van der Waals surface area contributed by atoms with Gasteiger partial charge in [-0.25, -0.2) is 0 Å². The van der Waals surface area contributed by atoms with E-state index >= 15 is 0 Å². The highest BCUT2D eigenvalue weighted by molar-refractivity contribution is 5.85. The van der Waals surface area contributed by atoms with Crippen molar-refractivity contribution in [3.63, 3.8) is 0 Å². The topological polar surface area (TPSA) is 64.7 Å². The van der Waals surface area contributed by atoms with Gasteiger partial charge in [0, 0.05) is 11.6 Å². The number of ether oxygens (including phenoxy) is 2. The van der Waals surface area contributed by atoms with Crippen molar-refractivity contribution in [3.05, 3.63) is 23.8 Å². The third-order valence-corrected chi connectivity index (χ3v) is 2.63. The average Bonchev–Trinajstić information content (AvgIpc) is 2.35. The number of rotatable bonds is 5. The van der Waals surface area contributed by atoms with E-state index in [9.17, 15) is 5.11 Å². The van der Waals surface area contributed by atoms with Gasteiger partial charge in [0.15, 0.2) is 0 Å². The third-order valence-electron chi connectivity index (χ3n) is 2.63. The van der Waals surface area contributed by atoms with Gasteiger partial charge in [0.2, 0.25) is 0 Å². The highest BCUT2D eigenvalue weighted by atomic mass is 35.5. The largest absolute Gasteiger partial charge is 0.497 e. The van der Waals surface area contributed by atoms with Crippen LogP contribution in [0.3, 0.4) is 0 Å². The lowest BCUT2D eigenvalue weighted by Gasteiger charge is -2.20. The van der Waals surface area contributed by atoms with Crippen molar-refractivity contribution in [2.45, 2.75) is 25.5 Å². The lowest BCUT2D eigenvalue weighted by molar-refractivity contribution is 0.139. The number of benzene rings is 1. The Hall–Kier alpha value is -0.970. The van der Waals surface area contributed by atoms with Crippen LogP contribution in [0.15, 0.2) is 18.2 Å². The SMILES string of the molecule is CC[C@H](O)[C@H](N)c1ccc(OC)cc1OC.Cl. The first-order chi connectivity index (χ1) is 7.63. The second kappa shape index (κ2) is 7.37. The maximum atomic E-state index is 9.71. The average molecular weight is 262 g/mol. The smallest absolute Gasteiger partial charge is 0.127 e. The maximum Gasteiger partial charge on any atom is 0.127 e. The first-order valence-electron chi connectivity index (χ1n) is 5.29. The molecule has 3 N–H and O–H groups in total. The normalized spacial score (nSPS) is 13.5. The summed E-state index contributed by atoms with van der Waals surface area (Å²) in [6, 6.07) is 4.95. The third kappa shape index (κ3) is 3.77. The van der Waals surface area contributed by atoms with E-state index < -0.39 is 12.1 Å². The summed E-state index contributed by atoms with van der Waals surface area (Å²) in [6.45, 7) is 1.89. The molecule has 0 spiro atoms. The predicted molar refractivity (Wildman–Crippen MR) is 70.0 cm³/mol. The molecule has 0 heterocycles. The molecule has 0 amide bonds. The zero-order chi connectivity index (χ0) is 12.1. The molecule has 0 saturated carbocycles. The molecule has 0 saturated heterocycles. The molecule has 0 radical (unpaired) electrons. The number of aliphatic hydroxyl groups is 1. The zero-order valence-electron chi connectivity index (χ0n) is 10.3. The molecule has 1 aromatic rings. The minimum absolute atomic E-state index is 0. The van der Waals surface area contributed by atoms with Gasteiger partial charge in [0.25, 0.3) is 0 Å². The van der Waals surface area contributed by atoms with Gasteiger partial charge in [0.05, 0.1) is 26.4 Å². The maximum absolute atomic E-state index is 9.71. The van der Waals surface area contributed by atoms with E-state index in [-0.39, 0.29) is 12.4 Å². The molecular weight excluding hydrogens is 242 g/mol. The summed E-state index contributed by atoms with van der Waals surface area (Å²) in [5.74, 6) is 1.35. The Balaban J connectivity index is 0.00000256. The molecule has 98 valence electrons. The molecule has 0 aliphatic heterocycles. The first-order valence-corrected chi connectivity index (χ1v) is 5.29. The van der Waals surface area contributed by atoms with Gasteiger partial charge in [-0.2, -0.15) is 0 Å². The van der Waals surface area contributed by atoms with Crippen molar-refractivity contribution in [2.75, 3.05) is 14.2 Å². The van der Waals surface area contributed by atoms with E-state index in [0.717, 1.165) is 5.56 Å². The van der Waals surface area contributed by atoms with E-state index in [1.807, 2.05) is 13.0 Å². The van der Waals surface area contributed by atoms with Crippen LogP contribution in [0.4, 0.5) is 0 Å². The van der Waals surface area contributed by atoms with Crippen LogP contribution in [0.25, 0.3) is 0 Å². The molecule has 1 aromatic carbocycles. The highest BCUT2D eigenvalue weighted by Crippen LogP contribution is 2.30. The monoisotopic (exact) mass is 261 g/mol. The van der Waals surface area contributed by atoms with Crippen LogP contribution >= 0.6 is 12.4 Å². The Morgan fingerprint density at radius 1 is 1.29 bits per heavy atom. The molecule has 0 fully saturated rings. The molecule has 4 nitrogen and oxygen atoms in total. The van der Waals surface area contributed by atoms with E-state index in [1.54, 1.807) is 26.4 Å². The molecule has 1 rings (SSSR count). The van der Waals surface area contributed by atoms with Crippen molar-refractivity contribution in [3.8, 4) is 11.5 Å². The summed E-state index contributed by atoms with van der Waals surface area (Å²) < 4.78 is 10.3. The van der Waals surface area contributed by atoms with Gasteiger partial charge in [-0.3, -0.25) is 0 Å². The summed E-state index contributed by atoms with van der Waals surface area (Å²) in [6.07, 6.45) is 0.0402. The van der Waals surface area contributed by atoms with E-state index in [4.69, 9.17) is 15.2 Å². The summed E-state index contributed by atoms with van der Waals surface area (Å²) in [4.78, 5) is 0. The fraction of sp³-hybridized carbons (Fsp3) is 0.500. The molecule has 2 atom stereocenters. The zero-order valence-corrected chi connectivity index (χ0v) is 11.2. The van der Waals surface area contributed by atoms with Crippen LogP contribution in [0.5, 0.6) is 11.5 Å². The van der Waals surface area contributed by atoms with Gasteiger partial charge in [-0.1, -0.05) is 6.92 Å². The van der Waals surface area contributed by atoms with Gasteiger partial charge < -0.3 is 20.3 Å². The van der Waals surface area contributed by atoms with Crippen molar-refractivity contribution in [2.24, 2.45) is 5.73 Å². The van der Waals surface area contributed by atoms with Crippen LogP contribution in [0, 0.1) is 0 Å². The highest BCUT2D eigenvalue weighted by Gasteiger charge is 2.19. The van der Waals surface area contributed by atoms with E-state index in [0.29, 0.717) is 17.9 Å². The Labute approximate surface area is 108 Å². The first kappa shape index (κ1) is 16.0. The Bertz CT molecular complexity index is 347. The van der Waals surface area contributed by atoms with Gasteiger partial charge in [0.1, 0.15) is 11.5 Å². The standard InChI is InChI=1S/C12H19NO3.ClH/c1-4-10(14)12(13)9-6-5-8(15-2)7-11(9)16-3;/h5-7,10,12,14H,4,13H2,1-3H3;1H/t10-,12+;/m0./s1. The van der Waals surface area contributed by atoms with Crippen molar-refractivity contribution in [1.29, 1.82) is 0 Å². The molecule has 0 bridgehead atoms. The molecular formula is C12H20ClNO3. The summed E-state index contributed by atoms with van der Waals surface area (Å²) >= 11 is 0. The quantitative estimate of drug-likeness (QED) is 0.850. The molecule has 0 unspecified atom stereocenters. The molecule has 0 aliphatic carbocycles. The Morgan fingerprint density at radius 3 is 2.41 bits per heavy atom. The predicted octanol–water partition coefficient (Wildman–Crippen LogP) is 1.90. The fourth-order valence-corrected chi connectivity index (χ4v) is 1.56. The summed E-state index contributed by atoms with van der Waals surface area (Å²) in [7, 11) is 3.17. The van der Waals surface area contributed by atoms with Crippen LogP contribution in [-0.2, 0) is 0 Å². The lowest BCUT2D eigenvalue weighted by Crippen LogP contribution is -2.25. The van der Waals surface area contributed by atoms with Crippen LogP contribution in [0.2, 0.25) is 0 Å². The summed E-state index contributed by atoms with van der Waals surface area (Å²) in [5, 5.41) is 9.71. The van der Waals surface area contributed by atoms with Crippen molar-refractivity contribution < 1.29 is 14.6 Å². The number of methoxy groups -OCH3 is 2. The van der Waals surface area contributed by atoms with Gasteiger partial charge in [-0.15, -0.1) is 12.4 Å². The Kier molecular flexibility index (Phi) is 6.95. The van der Waals surface area contributed by atoms with E-state index in [1.165, 1.54) is 0 Å². The van der Waals surface area contributed by atoms with E-state index in [2.05, 4.69) is 0 Å². The number of hydrogen-bond acceptors (Lipinski definition) is 4. The summed E-state index contributed by atoms with van der Waals surface area (Å²) in [5.41, 5.74) is 6.74. The second-order valence-corrected chi connectivity index (χ2v) is 3.61. The van der Waals surface area contributed by atoms with Crippen molar-refractivity contribution in [1.82, 2.24) is 0 Å². The number of nitrogens with two attached hydrogens (primary N) is 1. The molecule has 0 aliphatic rings. The number of hydrogen-bond donors (Lipinski definition) is 2. The minimum Gasteiger partial charge on any atom is -0.497 e. The Morgan fingerprint density at radius 2 is 1.94 bits per heavy atom. The van der Waals surface area contributed by atoms with Gasteiger partial charge >= 0.3 is 0 Å². The number of halogens is 1. The lowest BCUT2D eigenvalue weighted by atomic mass is 9.99. The second-order valence-electron chi connectivity index (χ2n) is 3.61. The van der Waals surface area contributed by atoms with Crippen LogP contribution < -0.4 is 15.2 Å². The number of aliphatic hydroxyl groups excluding tert-OH is 1. The molecule has 17 heavy (non-hydrogen) atoms. The fourth-order valence-electron chi connectivity index (χ4n) is 1.56. The molecule has 5 heteroatoms.